The Bertz CT molecular complexity index is 181. The van der Waals surface area contributed by atoms with Gasteiger partial charge in [0.2, 0.25) is 6.29 Å². The molecule has 1 radical (unpaired) electrons. The number of aromatic nitrogens is 2. The summed E-state index contributed by atoms with van der Waals surface area (Å²) >= 11 is 0. The summed E-state index contributed by atoms with van der Waals surface area (Å²) in [5.74, 6) is 0.435. The van der Waals surface area contributed by atoms with Crippen LogP contribution in [0.3, 0.4) is 0 Å². The van der Waals surface area contributed by atoms with Crippen LogP contribution in [0.15, 0.2) is 12.4 Å². The van der Waals surface area contributed by atoms with E-state index < -0.39 is 0 Å². The fraction of sp³-hybridized carbons (Fsp3) is 0.333. The third-order valence-corrected chi connectivity index (χ3v) is 1.11. The van der Waals surface area contributed by atoms with E-state index in [9.17, 15) is 4.79 Å². The molecule has 1 atom stereocenters. The summed E-state index contributed by atoms with van der Waals surface area (Å²) in [6.45, 7) is 1.74. The fourth-order valence-electron chi connectivity index (χ4n) is 0.570. The molecular formula is C6H7N2O. The van der Waals surface area contributed by atoms with Crippen molar-refractivity contribution < 1.29 is 4.79 Å². The molecule has 9 heavy (non-hydrogen) atoms. The van der Waals surface area contributed by atoms with E-state index >= 15 is 0 Å². The molecule has 3 nitrogen and oxygen atoms in total. The Morgan fingerprint density at radius 3 is 3.11 bits per heavy atom. The molecule has 1 heterocycles. The number of imidazole rings is 1. The smallest absolute Gasteiger partial charge is 0.209 e. The minimum absolute atomic E-state index is 0.236. The van der Waals surface area contributed by atoms with Gasteiger partial charge < -0.3 is 4.98 Å². The summed E-state index contributed by atoms with van der Waals surface area (Å²) in [6, 6.07) is 0. The van der Waals surface area contributed by atoms with Crippen molar-refractivity contribution in [2.75, 3.05) is 0 Å². The third-order valence-electron chi connectivity index (χ3n) is 1.11. The van der Waals surface area contributed by atoms with Gasteiger partial charge in [0.25, 0.3) is 0 Å². The first-order valence-electron chi connectivity index (χ1n) is 2.71. The molecule has 1 rings (SSSR count). The Hall–Kier alpha value is -1.12. The van der Waals surface area contributed by atoms with Crippen LogP contribution in [-0.4, -0.2) is 16.3 Å². The van der Waals surface area contributed by atoms with Gasteiger partial charge in [-0.1, -0.05) is 0 Å². The van der Waals surface area contributed by atoms with Crippen molar-refractivity contribution in [1.82, 2.24) is 9.97 Å². The molecular weight excluding hydrogens is 116 g/mol. The van der Waals surface area contributed by atoms with Crippen molar-refractivity contribution in [2.24, 2.45) is 0 Å². The molecule has 1 aromatic heterocycles. The lowest BCUT2D eigenvalue weighted by atomic mass is 10.2. The number of nitrogens with zero attached hydrogens (tertiary/aromatic N) is 1. The maximum atomic E-state index is 10.0. The molecule has 0 amide bonds. The number of hydrogen-bond acceptors (Lipinski definition) is 2. The molecule has 47 valence electrons. The largest absolute Gasteiger partial charge is 0.348 e. The zero-order valence-corrected chi connectivity index (χ0v) is 5.09. The van der Waals surface area contributed by atoms with Gasteiger partial charge in [0.15, 0.2) is 0 Å². The standard InChI is InChI=1S/C6H7N2O/c1-5(4-9)6-7-2-3-8-6/h2-3,5H,1H3,(H,7,8). The molecule has 0 bridgehead atoms. The number of nitrogens with one attached hydrogen (secondary N) is 1. The molecule has 0 aliphatic heterocycles. The normalized spacial score (nSPS) is 13.0. The Morgan fingerprint density at radius 2 is 2.67 bits per heavy atom. The number of hydrogen-bond donors (Lipinski definition) is 1. The van der Waals surface area contributed by atoms with E-state index in [-0.39, 0.29) is 5.92 Å². The zero-order chi connectivity index (χ0) is 6.69. The van der Waals surface area contributed by atoms with Crippen molar-refractivity contribution in [3.05, 3.63) is 18.2 Å². The van der Waals surface area contributed by atoms with E-state index in [1.807, 2.05) is 6.29 Å². The monoisotopic (exact) mass is 123 g/mol. The maximum Gasteiger partial charge on any atom is 0.209 e. The van der Waals surface area contributed by atoms with Crippen LogP contribution in [0.25, 0.3) is 0 Å². The van der Waals surface area contributed by atoms with Crippen LogP contribution in [0.5, 0.6) is 0 Å². The predicted octanol–water partition coefficient (Wildman–Crippen LogP) is 0.623. The van der Waals surface area contributed by atoms with Gasteiger partial charge >= 0.3 is 0 Å². The highest BCUT2D eigenvalue weighted by atomic mass is 16.1. The molecule has 1 unspecified atom stereocenters. The Kier molecular flexibility index (Phi) is 1.63. The molecule has 1 N–H and O–H groups in total. The summed E-state index contributed by atoms with van der Waals surface area (Å²) in [5.41, 5.74) is 0. The summed E-state index contributed by atoms with van der Waals surface area (Å²) in [4.78, 5) is 16.7. The van der Waals surface area contributed by atoms with Crippen LogP contribution in [0.2, 0.25) is 0 Å². The Labute approximate surface area is 53.1 Å². The third kappa shape index (κ3) is 1.16. The highest BCUT2D eigenvalue weighted by Crippen LogP contribution is 2.03. The van der Waals surface area contributed by atoms with Gasteiger partial charge in [-0.15, -0.1) is 0 Å². The van der Waals surface area contributed by atoms with E-state index in [1.54, 1.807) is 19.3 Å². The first kappa shape index (κ1) is 6.01. The fourth-order valence-corrected chi connectivity index (χ4v) is 0.570. The summed E-state index contributed by atoms with van der Waals surface area (Å²) in [6.07, 6.45) is 5.12. The van der Waals surface area contributed by atoms with Gasteiger partial charge in [-0.2, -0.15) is 0 Å². The topological polar surface area (TPSA) is 45.8 Å². The number of H-pyrrole nitrogens is 1. The van der Waals surface area contributed by atoms with Crippen molar-refractivity contribution in [2.45, 2.75) is 12.8 Å². The van der Waals surface area contributed by atoms with Gasteiger partial charge in [0.05, 0.1) is 5.92 Å². The van der Waals surface area contributed by atoms with Crippen LogP contribution < -0.4 is 0 Å². The average Bonchev–Trinajstić information content (AvgIpc) is 2.37. The molecule has 0 spiro atoms. The van der Waals surface area contributed by atoms with E-state index in [0.717, 1.165) is 0 Å². The molecule has 0 aromatic carbocycles. The van der Waals surface area contributed by atoms with Crippen molar-refractivity contribution >= 4 is 6.29 Å². The van der Waals surface area contributed by atoms with Crippen molar-refractivity contribution in [3.8, 4) is 0 Å². The second-order valence-electron chi connectivity index (χ2n) is 1.81. The van der Waals surface area contributed by atoms with Crippen LogP contribution in [0.1, 0.15) is 18.7 Å². The summed E-state index contributed by atoms with van der Waals surface area (Å²) in [7, 11) is 0. The lowest BCUT2D eigenvalue weighted by molar-refractivity contribution is 0.544. The molecule has 0 saturated carbocycles. The lowest BCUT2D eigenvalue weighted by Crippen LogP contribution is -1.95. The van der Waals surface area contributed by atoms with E-state index in [1.165, 1.54) is 0 Å². The molecule has 3 heteroatoms. The highest BCUT2D eigenvalue weighted by molar-refractivity contribution is 5.59. The van der Waals surface area contributed by atoms with Crippen LogP contribution in [0.4, 0.5) is 0 Å². The minimum atomic E-state index is -0.236. The van der Waals surface area contributed by atoms with E-state index in [4.69, 9.17) is 0 Å². The van der Waals surface area contributed by atoms with E-state index in [0.29, 0.717) is 5.82 Å². The highest BCUT2D eigenvalue weighted by Gasteiger charge is 2.04. The Balaban J connectivity index is 2.76. The van der Waals surface area contributed by atoms with Crippen LogP contribution in [-0.2, 0) is 4.79 Å². The predicted molar refractivity (Wildman–Crippen MR) is 32.7 cm³/mol. The van der Waals surface area contributed by atoms with Crippen molar-refractivity contribution in [3.63, 3.8) is 0 Å². The molecule has 0 aliphatic carbocycles. The number of rotatable bonds is 2. The zero-order valence-electron chi connectivity index (χ0n) is 5.09. The van der Waals surface area contributed by atoms with Gasteiger partial charge in [0, 0.05) is 12.4 Å². The van der Waals surface area contributed by atoms with Gasteiger partial charge in [-0.3, -0.25) is 4.79 Å². The molecule has 0 saturated heterocycles. The van der Waals surface area contributed by atoms with Gasteiger partial charge in [0.1, 0.15) is 5.82 Å². The first-order chi connectivity index (χ1) is 4.34. The second-order valence-corrected chi connectivity index (χ2v) is 1.81. The van der Waals surface area contributed by atoms with Crippen molar-refractivity contribution in [1.29, 1.82) is 0 Å². The lowest BCUT2D eigenvalue weighted by Gasteiger charge is -1.92. The van der Waals surface area contributed by atoms with Crippen LogP contribution in [0, 0.1) is 0 Å². The first-order valence-corrected chi connectivity index (χ1v) is 2.71. The number of aromatic amines is 1. The summed E-state index contributed by atoms with van der Waals surface area (Å²) in [5, 5.41) is 0. The molecule has 0 fully saturated rings. The average molecular weight is 123 g/mol. The van der Waals surface area contributed by atoms with Gasteiger partial charge in [-0.05, 0) is 6.92 Å². The molecule has 1 aromatic rings. The second kappa shape index (κ2) is 2.44. The maximum absolute atomic E-state index is 10.0. The SMILES string of the molecule is CC([C]=O)c1ncc[nH]1. The van der Waals surface area contributed by atoms with Gasteiger partial charge in [-0.25, -0.2) is 4.98 Å². The van der Waals surface area contributed by atoms with Crippen LogP contribution >= 0.6 is 0 Å². The molecule has 0 aliphatic rings. The Morgan fingerprint density at radius 1 is 1.89 bits per heavy atom. The van der Waals surface area contributed by atoms with E-state index in [2.05, 4.69) is 9.97 Å². The summed E-state index contributed by atoms with van der Waals surface area (Å²) < 4.78 is 0. The minimum Gasteiger partial charge on any atom is -0.348 e. The number of carbonyl (C=O) groups excluding carboxylic acids is 1. The quantitative estimate of drug-likeness (QED) is 0.626.